The molecule has 0 saturated carbocycles. The maximum absolute atomic E-state index is 12.1. The van der Waals surface area contributed by atoms with Crippen LogP contribution in [-0.4, -0.2) is 65.9 Å². The molecule has 1 aliphatic rings. The van der Waals surface area contributed by atoms with Crippen LogP contribution in [0.3, 0.4) is 0 Å². The van der Waals surface area contributed by atoms with Gasteiger partial charge in [0.15, 0.2) is 0 Å². The van der Waals surface area contributed by atoms with Gasteiger partial charge in [-0.2, -0.15) is 0 Å². The molecule has 6 nitrogen and oxygen atoms in total. The van der Waals surface area contributed by atoms with E-state index >= 15 is 0 Å². The van der Waals surface area contributed by atoms with Crippen molar-refractivity contribution in [2.24, 2.45) is 0 Å². The van der Waals surface area contributed by atoms with Crippen LogP contribution in [0.5, 0.6) is 0 Å². The molecule has 0 aliphatic carbocycles. The number of hydrogen-bond donors (Lipinski definition) is 1. The third kappa shape index (κ3) is 4.16. The Morgan fingerprint density at radius 2 is 2.05 bits per heavy atom. The van der Waals surface area contributed by atoms with Crippen molar-refractivity contribution in [3.63, 3.8) is 0 Å². The Hall–Kier alpha value is -1.69. The number of carbonyl (C=O) groups is 1. The molecule has 0 bridgehead atoms. The van der Waals surface area contributed by atoms with Crippen LogP contribution in [0.2, 0.25) is 0 Å². The van der Waals surface area contributed by atoms with Crippen LogP contribution in [-0.2, 0) is 0 Å². The molecule has 2 rings (SSSR count). The summed E-state index contributed by atoms with van der Waals surface area (Å²) in [6.07, 6.45) is 6.42. The molecule has 20 heavy (non-hydrogen) atoms. The summed E-state index contributed by atoms with van der Waals surface area (Å²) in [5.41, 5.74) is 0.436. The van der Waals surface area contributed by atoms with E-state index in [0.29, 0.717) is 5.69 Å². The van der Waals surface area contributed by atoms with E-state index in [2.05, 4.69) is 34.3 Å². The Balaban J connectivity index is 1.81. The first kappa shape index (κ1) is 14.7. The van der Waals surface area contributed by atoms with Crippen molar-refractivity contribution in [3.05, 3.63) is 18.1 Å². The normalized spacial score (nSPS) is 14.8. The molecular formula is C14H23N5O. The lowest BCUT2D eigenvalue weighted by atomic mass is 10.3. The summed E-state index contributed by atoms with van der Waals surface area (Å²) in [5.74, 6) is 0.718. The van der Waals surface area contributed by atoms with Gasteiger partial charge in [0.05, 0.1) is 12.4 Å². The molecule has 1 saturated heterocycles. The molecule has 1 aliphatic heterocycles. The van der Waals surface area contributed by atoms with Gasteiger partial charge < -0.3 is 15.1 Å². The minimum atomic E-state index is -0.00541. The molecular weight excluding hydrogens is 254 g/mol. The topological polar surface area (TPSA) is 61.4 Å². The second-order valence-electron chi connectivity index (χ2n) is 5.37. The summed E-state index contributed by atoms with van der Waals surface area (Å²) >= 11 is 0. The summed E-state index contributed by atoms with van der Waals surface area (Å²) in [6, 6.07) is 0. The third-order valence-corrected chi connectivity index (χ3v) is 3.35. The molecule has 1 fully saturated rings. The Bertz CT molecular complexity index is 426. The van der Waals surface area contributed by atoms with Crippen molar-refractivity contribution in [1.29, 1.82) is 0 Å². The molecule has 1 aromatic rings. The van der Waals surface area contributed by atoms with Crippen LogP contribution >= 0.6 is 0 Å². The number of nitrogens with one attached hydrogen (secondary N) is 1. The van der Waals surface area contributed by atoms with Crippen molar-refractivity contribution in [3.8, 4) is 0 Å². The molecule has 1 N–H and O–H groups in total. The van der Waals surface area contributed by atoms with Crippen molar-refractivity contribution >= 4 is 11.7 Å². The highest BCUT2D eigenvalue weighted by molar-refractivity contribution is 5.92. The fraction of sp³-hybridized carbons (Fsp3) is 0.643. The van der Waals surface area contributed by atoms with Gasteiger partial charge in [0.2, 0.25) is 0 Å². The minimum absolute atomic E-state index is 0.00541. The fourth-order valence-corrected chi connectivity index (χ4v) is 2.22. The van der Waals surface area contributed by atoms with E-state index in [4.69, 9.17) is 0 Å². The zero-order valence-corrected chi connectivity index (χ0v) is 12.3. The second-order valence-corrected chi connectivity index (χ2v) is 5.37. The quantitative estimate of drug-likeness (QED) is 0.788. The first-order valence-electron chi connectivity index (χ1n) is 7.17. The van der Waals surface area contributed by atoms with Gasteiger partial charge >= 0.3 is 0 Å². The van der Waals surface area contributed by atoms with Gasteiger partial charge in [0.1, 0.15) is 11.5 Å². The number of nitrogens with zero attached hydrogens (tertiary/aromatic N) is 4. The summed E-state index contributed by atoms with van der Waals surface area (Å²) in [5, 5.41) is 3.21. The van der Waals surface area contributed by atoms with Gasteiger partial charge in [0, 0.05) is 19.6 Å². The molecule has 0 unspecified atom stereocenters. The van der Waals surface area contributed by atoms with Crippen LogP contribution in [0.25, 0.3) is 0 Å². The fourth-order valence-electron chi connectivity index (χ4n) is 2.22. The number of hydrogen-bond acceptors (Lipinski definition) is 5. The first-order valence-corrected chi connectivity index (χ1v) is 7.17. The number of anilines is 1. The van der Waals surface area contributed by atoms with Crippen LogP contribution < -0.4 is 5.32 Å². The Morgan fingerprint density at radius 1 is 1.30 bits per heavy atom. The Morgan fingerprint density at radius 3 is 2.65 bits per heavy atom. The first-order chi connectivity index (χ1) is 9.66. The molecule has 110 valence electrons. The Labute approximate surface area is 120 Å². The number of amides is 1. The number of rotatable bonds is 6. The van der Waals surface area contributed by atoms with Gasteiger partial charge in [0.25, 0.3) is 5.91 Å². The smallest absolute Gasteiger partial charge is 0.274 e. The molecule has 0 aromatic carbocycles. The lowest BCUT2D eigenvalue weighted by molar-refractivity contribution is 0.0786. The van der Waals surface area contributed by atoms with E-state index in [-0.39, 0.29) is 5.91 Å². The van der Waals surface area contributed by atoms with Crippen LogP contribution in [0.15, 0.2) is 12.4 Å². The van der Waals surface area contributed by atoms with Crippen molar-refractivity contribution in [2.75, 3.05) is 45.6 Å². The molecule has 1 amide bonds. The number of aromatic nitrogens is 2. The minimum Gasteiger partial charge on any atom is -0.369 e. The standard InChI is InChI=1S/C14H23N5O/c1-18(2)7-5-6-15-13-11-16-12(10-17-13)14(20)19-8-3-4-9-19/h10-11H,3-9H2,1-2H3,(H,15,17). The predicted octanol–water partition coefficient (Wildman–Crippen LogP) is 1.08. The predicted molar refractivity (Wildman–Crippen MR) is 78.8 cm³/mol. The second kappa shape index (κ2) is 7.19. The number of carbonyl (C=O) groups excluding carboxylic acids is 1. The van der Waals surface area contributed by atoms with Gasteiger partial charge in [-0.25, -0.2) is 9.97 Å². The lowest BCUT2D eigenvalue weighted by Gasteiger charge is -2.14. The maximum atomic E-state index is 12.1. The average molecular weight is 277 g/mol. The molecule has 0 radical (unpaired) electrons. The highest BCUT2D eigenvalue weighted by Gasteiger charge is 2.20. The van der Waals surface area contributed by atoms with Crippen molar-refractivity contribution in [2.45, 2.75) is 19.3 Å². The highest BCUT2D eigenvalue weighted by Crippen LogP contribution is 2.11. The Kier molecular flexibility index (Phi) is 5.29. The van der Waals surface area contributed by atoms with Crippen molar-refractivity contribution in [1.82, 2.24) is 19.8 Å². The van der Waals surface area contributed by atoms with Crippen LogP contribution in [0, 0.1) is 0 Å². The molecule has 6 heteroatoms. The monoisotopic (exact) mass is 277 g/mol. The molecule has 2 heterocycles. The van der Waals surface area contributed by atoms with Crippen LogP contribution in [0.4, 0.5) is 5.82 Å². The van der Waals surface area contributed by atoms with Gasteiger partial charge in [-0.1, -0.05) is 0 Å². The van der Waals surface area contributed by atoms with Gasteiger partial charge in [-0.05, 0) is 39.9 Å². The van der Waals surface area contributed by atoms with E-state index in [9.17, 15) is 4.79 Å². The van der Waals surface area contributed by atoms with E-state index in [1.807, 2.05) is 4.90 Å². The zero-order valence-electron chi connectivity index (χ0n) is 12.3. The molecule has 0 atom stereocenters. The molecule has 0 spiro atoms. The van der Waals surface area contributed by atoms with E-state index < -0.39 is 0 Å². The van der Waals surface area contributed by atoms with E-state index in [0.717, 1.165) is 51.3 Å². The summed E-state index contributed by atoms with van der Waals surface area (Å²) < 4.78 is 0. The summed E-state index contributed by atoms with van der Waals surface area (Å²) in [6.45, 7) is 3.56. The maximum Gasteiger partial charge on any atom is 0.274 e. The average Bonchev–Trinajstić information content (AvgIpc) is 2.97. The van der Waals surface area contributed by atoms with Gasteiger partial charge in [-0.15, -0.1) is 0 Å². The molecule has 1 aromatic heterocycles. The zero-order chi connectivity index (χ0) is 14.4. The SMILES string of the molecule is CN(C)CCCNc1cnc(C(=O)N2CCCC2)cn1. The summed E-state index contributed by atoms with van der Waals surface area (Å²) in [4.78, 5) is 24.5. The van der Waals surface area contributed by atoms with Crippen LogP contribution in [0.1, 0.15) is 29.8 Å². The third-order valence-electron chi connectivity index (χ3n) is 3.35. The van der Waals surface area contributed by atoms with Gasteiger partial charge in [-0.3, -0.25) is 4.79 Å². The van der Waals surface area contributed by atoms with E-state index in [1.165, 1.54) is 0 Å². The number of likely N-dealkylation sites (tertiary alicyclic amines) is 1. The summed E-state index contributed by atoms with van der Waals surface area (Å²) in [7, 11) is 4.11. The lowest BCUT2D eigenvalue weighted by Crippen LogP contribution is -2.28. The van der Waals surface area contributed by atoms with E-state index in [1.54, 1.807) is 12.4 Å². The highest BCUT2D eigenvalue weighted by atomic mass is 16.2. The van der Waals surface area contributed by atoms with Crippen molar-refractivity contribution < 1.29 is 4.79 Å². The largest absolute Gasteiger partial charge is 0.369 e.